The second-order valence-corrected chi connectivity index (χ2v) is 8.31. The average molecular weight is 438 g/mol. The zero-order chi connectivity index (χ0) is 20.8. The molecule has 0 spiro atoms. The highest BCUT2D eigenvalue weighted by Gasteiger charge is 2.17. The molecule has 0 bridgehead atoms. The summed E-state index contributed by atoms with van der Waals surface area (Å²) < 4.78 is 1.94. The number of nitrogens with one attached hydrogen (secondary N) is 1. The van der Waals surface area contributed by atoms with Crippen LogP contribution in [-0.4, -0.2) is 41.6 Å². The minimum absolute atomic E-state index is 0.160. The van der Waals surface area contributed by atoms with Crippen LogP contribution in [0.15, 0.2) is 60.0 Å². The van der Waals surface area contributed by atoms with Gasteiger partial charge in [-0.1, -0.05) is 48.2 Å². The topological polar surface area (TPSA) is 98.5 Å². The van der Waals surface area contributed by atoms with Gasteiger partial charge < -0.3 is 0 Å². The minimum atomic E-state index is -0.160. The van der Waals surface area contributed by atoms with E-state index in [0.717, 1.165) is 29.1 Å². The fraction of sp³-hybridized carbons (Fsp3) is 0.200. The first kappa shape index (κ1) is 20.2. The highest BCUT2D eigenvalue weighted by molar-refractivity contribution is 7.99. The lowest BCUT2D eigenvalue weighted by Crippen LogP contribution is -2.14. The molecule has 1 amide bonds. The molecule has 152 valence electrons. The molecule has 0 saturated heterocycles. The zero-order valence-corrected chi connectivity index (χ0v) is 17.9. The molecule has 4 aromatic rings. The lowest BCUT2D eigenvalue weighted by Gasteiger charge is -2.10. The van der Waals surface area contributed by atoms with Crippen molar-refractivity contribution >= 4 is 34.1 Å². The smallest absolute Gasteiger partial charge is 0.236 e. The van der Waals surface area contributed by atoms with E-state index in [0.29, 0.717) is 16.1 Å². The summed E-state index contributed by atoms with van der Waals surface area (Å²) in [5, 5.41) is 21.7. The Kier molecular flexibility index (Phi) is 6.45. The number of pyridine rings is 1. The molecule has 0 aliphatic heterocycles. The van der Waals surface area contributed by atoms with Gasteiger partial charge in [-0.2, -0.15) is 0 Å². The fourth-order valence-electron chi connectivity index (χ4n) is 2.77. The van der Waals surface area contributed by atoms with Crippen LogP contribution in [0.1, 0.15) is 18.4 Å². The molecule has 30 heavy (non-hydrogen) atoms. The van der Waals surface area contributed by atoms with Crippen LogP contribution in [0.4, 0.5) is 5.13 Å². The van der Waals surface area contributed by atoms with Gasteiger partial charge in [-0.05, 0) is 30.7 Å². The lowest BCUT2D eigenvalue weighted by molar-refractivity contribution is -0.113. The molecule has 0 saturated carbocycles. The number of amides is 1. The van der Waals surface area contributed by atoms with E-state index in [1.54, 1.807) is 12.4 Å². The predicted octanol–water partition coefficient (Wildman–Crippen LogP) is 3.86. The Bertz CT molecular complexity index is 1110. The van der Waals surface area contributed by atoms with E-state index in [9.17, 15) is 4.79 Å². The first-order valence-electron chi connectivity index (χ1n) is 9.41. The zero-order valence-electron chi connectivity index (χ0n) is 16.2. The Morgan fingerprint density at radius 3 is 2.63 bits per heavy atom. The third-order valence-corrected chi connectivity index (χ3v) is 5.92. The van der Waals surface area contributed by atoms with Crippen LogP contribution in [0.25, 0.3) is 17.1 Å². The van der Waals surface area contributed by atoms with Gasteiger partial charge in [0.15, 0.2) is 11.0 Å². The molecule has 0 fully saturated rings. The number of hydrogen-bond acceptors (Lipinski definition) is 8. The quantitative estimate of drug-likeness (QED) is 0.418. The van der Waals surface area contributed by atoms with Gasteiger partial charge in [0.2, 0.25) is 11.0 Å². The van der Waals surface area contributed by atoms with Crippen LogP contribution in [0, 0.1) is 0 Å². The molecule has 0 atom stereocenters. The molecule has 4 rings (SSSR count). The van der Waals surface area contributed by atoms with Crippen molar-refractivity contribution in [2.24, 2.45) is 0 Å². The first-order chi connectivity index (χ1) is 14.7. The SMILES string of the molecule is CCCc1nnc(NC(=O)CSc2nnc(-c3ccncc3)n2-c2ccccc2)s1. The van der Waals surface area contributed by atoms with Crippen molar-refractivity contribution in [3.63, 3.8) is 0 Å². The normalized spacial score (nSPS) is 10.8. The summed E-state index contributed by atoms with van der Waals surface area (Å²) in [4.78, 5) is 16.5. The number of para-hydroxylation sites is 1. The summed E-state index contributed by atoms with van der Waals surface area (Å²) in [6.45, 7) is 2.08. The van der Waals surface area contributed by atoms with E-state index >= 15 is 0 Å². The summed E-state index contributed by atoms with van der Waals surface area (Å²) in [6, 6.07) is 13.6. The minimum Gasteiger partial charge on any atom is -0.300 e. The number of thioether (sulfide) groups is 1. The molecule has 3 aromatic heterocycles. The number of aryl methyl sites for hydroxylation is 1. The van der Waals surface area contributed by atoms with Gasteiger partial charge in [0.05, 0.1) is 5.75 Å². The Morgan fingerprint density at radius 2 is 1.87 bits per heavy atom. The van der Waals surface area contributed by atoms with E-state index in [-0.39, 0.29) is 11.7 Å². The summed E-state index contributed by atoms with van der Waals surface area (Å²) >= 11 is 2.73. The van der Waals surface area contributed by atoms with Gasteiger partial charge >= 0.3 is 0 Å². The van der Waals surface area contributed by atoms with E-state index in [1.165, 1.54) is 23.1 Å². The third-order valence-electron chi connectivity index (χ3n) is 4.10. The van der Waals surface area contributed by atoms with E-state index < -0.39 is 0 Å². The largest absolute Gasteiger partial charge is 0.300 e. The Hall–Kier alpha value is -3.11. The number of hydrogen-bond donors (Lipinski definition) is 1. The average Bonchev–Trinajstić information content (AvgIpc) is 3.40. The van der Waals surface area contributed by atoms with Crippen LogP contribution in [0.3, 0.4) is 0 Å². The van der Waals surface area contributed by atoms with Crippen molar-refractivity contribution in [1.82, 2.24) is 29.9 Å². The van der Waals surface area contributed by atoms with Crippen LogP contribution in [-0.2, 0) is 11.2 Å². The van der Waals surface area contributed by atoms with E-state index in [1.807, 2.05) is 47.0 Å². The van der Waals surface area contributed by atoms with Crippen LogP contribution >= 0.6 is 23.1 Å². The molecule has 0 aliphatic rings. The molecule has 3 heterocycles. The second-order valence-electron chi connectivity index (χ2n) is 6.30. The summed E-state index contributed by atoms with van der Waals surface area (Å²) in [6.07, 6.45) is 5.29. The number of nitrogens with zero attached hydrogens (tertiary/aromatic N) is 6. The summed E-state index contributed by atoms with van der Waals surface area (Å²) in [7, 11) is 0. The van der Waals surface area contributed by atoms with Gasteiger partial charge in [0.25, 0.3) is 0 Å². The van der Waals surface area contributed by atoms with Crippen molar-refractivity contribution in [1.29, 1.82) is 0 Å². The lowest BCUT2D eigenvalue weighted by atomic mass is 10.2. The Labute approximate surface area is 181 Å². The monoisotopic (exact) mass is 437 g/mol. The number of carbonyl (C=O) groups is 1. The van der Waals surface area contributed by atoms with Crippen LogP contribution in [0.2, 0.25) is 0 Å². The van der Waals surface area contributed by atoms with Crippen molar-refractivity contribution in [3.8, 4) is 17.1 Å². The molecular weight excluding hydrogens is 418 g/mol. The first-order valence-corrected chi connectivity index (χ1v) is 11.2. The summed E-state index contributed by atoms with van der Waals surface area (Å²) in [5.74, 6) is 0.719. The van der Waals surface area contributed by atoms with E-state index in [4.69, 9.17) is 0 Å². The molecule has 8 nitrogen and oxygen atoms in total. The maximum absolute atomic E-state index is 12.4. The number of rotatable bonds is 8. The third kappa shape index (κ3) is 4.71. The number of aromatic nitrogens is 6. The van der Waals surface area contributed by atoms with E-state index in [2.05, 4.69) is 37.6 Å². The molecule has 0 aliphatic carbocycles. The number of carbonyl (C=O) groups excluding carboxylic acids is 1. The Balaban J connectivity index is 1.52. The molecule has 10 heteroatoms. The van der Waals surface area contributed by atoms with Gasteiger partial charge in [-0.25, -0.2) is 0 Å². The summed E-state index contributed by atoms with van der Waals surface area (Å²) in [5.41, 5.74) is 1.82. The maximum atomic E-state index is 12.4. The fourth-order valence-corrected chi connectivity index (χ4v) is 4.38. The van der Waals surface area contributed by atoms with Crippen LogP contribution < -0.4 is 5.32 Å². The molecule has 1 N–H and O–H groups in total. The van der Waals surface area contributed by atoms with Crippen LogP contribution in [0.5, 0.6) is 0 Å². The molecule has 0 unspecified atom stereocenters. The van der Waals surface area contributed by atoms with Crippen molar-refractivity contribution < 1.29 is 4.79 Å². The van der Waals surface area contributed by atoms with Gasteiger partial charge in [0, 0.05) is 30.1 Å². The number of anilines is 1. The molecular formula is C20H19N7OS2. The van der Waals surface area contributed by atoms with Gasteiger partial charge in [0.1, 0.15) is 5.01 Å². The molecule has 0 radical (unpaired) electrons. The molecule has 1 aromatic carbocycles. The van der Waals surface area contributed by atoms with Gasteiger partial charge in [-0.3, -0.25) is 19.7 Å². The van der Waals surface area contributed by atoms with Gasteiger partial charge in [-0.15, -0.1) is 20.4 Å². The van der Waals surface area contributed by atoms with Crippen molar-refractivity contribution in [2.45, 2.75) is 24.9 Å². The highest BCUT2D eigenvalue weighted by atomic mass is 32.2. The number of benzene rings is 1. The van der Waals surface area contributed by atoms with Crippen molar-refractivity contribution in [3.05, 3.63) is 59.9 Å². The maximum Gasteiger partial charge on any atom is 0.236 e. The predicted molar refractivity (Wildman–Crippen MR) is 118 cm³/mol. The standard InChI is InChI=1S/C20H19N7OS2/c1-2-6-17-23-25-19(30-17)22-16(28)13-29-20-26-24-18(14-9-11-21-12-10-14)27(20)15-7-4-3-5-8-15/h3-5,7-12H,2,6,13H2,1H3,(H,22,25,28). The Morgan fingerprint density at radius 1 is 1.07 bits per heavy atom. The highest BCUT2D eigenvalue weighted by Crippen LogP contribution is 2.27. The second kappa shape index (κ2) is 9.59. The van der Waals surface area contributed by atoms with Crippen molar-refractivity contribution in [2.75, 3.05) is 11.1 Å².